The minimum Gasteiger partial charge on any atom is -0.493 e. The molecule has 1 heterocycles. The van der Waals surface area contributed by atoms with Crippen molar-refractivity contribution in [2.24, 2.45) is 5.92 Å². The van der Waals surface area contributed by atoms with Gasteiger partial charge in [-0.25, -0.2) is 17.5 Å². The van der Waals surface area contributed by atoms with Crippen LogP contribution in [0.5, 0.6) is 5.75 Å². The largest absolute Gasteiger partial charge is 0.493 e. The molecule has 7 nitrogen and oxygen atoms in total. The molecule has 11 heteroatoms. The number of carbonyl (C=O) groups is 1. The second-order valence-electron chi connectivity index (χ2n) is 10.1. The number of hydrogen-bond acceptors (Lipinski definition) is 6. The Morgan fingerprint density at radius 3 is 2.34 bits per heavy atom. The van der Waals surface area contributed by atoms with Crippen molar-refractivity contribution in [3.8, 4) is 5.75 Å². The zero-order valence-electron chi connectivity index (χ0n) is 21.5. The topological polar surface area (TPSA) is 84.9 Å². The molecule has 208 valence electrons. The van der Waals surface area contributed by atoms with Crippen LogP contribution in [0.25, 0.3) is 0 Å². The zero-order chi connectivity index (χ0) is 27.4. The monoisotopic (exact) mass is 586 g/mol. The number of halogens is 3. The number of nitrogens with zero attached hydrogens (tertiary/aromatic N) is 1. The van der Waals surface area contributed by atoms with Gasteiger partial charge in [0.2, 0.25) is 10.0 Å². The van der Waals surface area contributed by atoms with Crippen LogP contribution in [0.3, 0.4) is 0 Å². The highest BCUT2D eigenvalue weighted by Gasteiger charge is 2.31. The van der Waals surface area contributed by atoms with E-state index in [1.807, 2.05) is 16.9 Å². The van der Waals surface area contributed by atoms with Gasteiger partial charge < -0.3 is 9.47 Å². The highest BCUT2D eigenvalue weighted by atomic mass is 35.5. The second-order valence-corrected chi connectivity index (χ2v) is 12.8. The number of amides is 1. The summed E-state index contributed by atoms with van der Waals surface area (Å²) in [4.78, 5) is 14.7. The normalized spacial score (nSPS) is 17.8. The summed E-state index contributed by atoms with van der Waals surface area (Å²) in [5.74, 6) is -0.879. The van der Waals surface area contributed by atoms with Gasteiger partial charge in [0, 0.05) is 35.9 Å². The smallest absolute Gasteiger partial charge is 0.267 e. The lowest BCUT2D eigenvalue weighted by atomic mass is 9.93. The van der Waals surface area contributed by atoms with Crippen molar-refractivity contribution in [3.05, 3.63) is 62.9 Å². The lowest BCUT2D eigenvalue weighted by Crippen LogP contribution is -2.38. The van der Waals surface area contributed by atoms with Gasteiger partial charge >= 0.3 is 0 Å². The van der Waals surface area contributed by atoms with E-state index in [4.69, 9.17) is 32.7 Å². The van der Waals surface area contributed by atoms with Crippen LogP contribution >= 0.6 is 23.2 Å². The summed E-state index contributed by atoms with van der Waals surface area (Å²) < 4.78 is 50.9. The first kappa shape index (κ1) is 29.1. The molecule has 2 aliphatic rings. The quantitative estimate of drug-likeness (QED) is 0.370. The number of likely N-dealkylation sites (tertiary alicyclic amines) is 1. The molecule has 1 atom stereocenters. The van der Waals surface area contributed by atoms with Crippen LogP contribution < -0.4 is 9.46 Å². The summed E-state index contributed by atoms with van der Waals surface area (Å²) in [6.07, 6.45) is 5.34. The minimum absolute atomic E-state index is 0.134. The molecule has 1 aliphatic heterocycles. The molecule has 38 heavy (non-hydrogen) atoms. The Hall–Kier alpha value is -1.91. The molecular weight excluding hydrogens is 554 g/mol. The third-order valence-corrected chi connectivity index (χ3v) is 8.06. The van der Waals surface area contributed by atoms with Gasteiger partial charge in [-0.15, -0.1) is 0 Å². The number of ether oxygens (including phenoxy) is 2. The number of sulfonamides is 1. The Labute approximate surface area is 233 Å². The van der Waals surface area contributed by atoms with Gasteiger partial charge in [-0.2, -0.15) is 0 Å². The molecule has 1 aliphatic carbocycles. The molecular formula is C27H33Cl2FN2O5S. The van der Waals surface area contributed by atoms with Gasteiger partial charge in [-0.3, -0.25) is 9.69 Å². The van der Waals surface area contributed by atoms with Crippen molar-refractivity contribution in [2.45, 2.75) is 44.1 Å². The molecule has 2 aromatic carbocycles. The summed E-state index contributed by atoms with van der Waals surface area (Å²) in [7, 11) is -2.11. The Kier molecular flexibility index (Phi) is 9.58. The average molecular weight is 588 g/mol. The lowest BCUT2D eigenvalue weighted by Gasteiger charge is -2.38. The van der Waals surface area contributed by atoms with Crippen LogP contribution in [0.2, 0.25) is 10.0 Å². The van der Waals surface area contributed by atoms with Gasteiger partial charge in [0.05, 0.1) is 18.4 Å². The molecule has 1 saturated carbocycles. The van der Waals surface area contributed by atoms with Crippen LogP contribution in [0.4, 0.5) is 4.39 Å². The molecule has 2 fully saturated rings. The Morgan fingerprint density at radius 2 is 1.76 bits per heavy atom. The third kappa shape index (κ3) is 7.82. The van der Waals surface area contributed by atoms with E-state index in [1.54, 1.807) is 13.2 Å². The summed E-state index contributed by atoms with van der Waals surface area (Å²) in [6, 6.07) is 8.42. The van der Waals surface area contributed by atoms with Gasteiger partial charge in [0.25, 0.3) is 5.91 Å². The molecule has 2 aromatic rings. The maximum absolute atomic E-state index is 14.8. The fourth-order valence-corrected chi connectivity index (χ4v) is 5.99. The van der Waals surface area contributed by atoms with E-state index in [2.05, 4.69) is 4.90 Å². The van der Waals surface area contributed by atoms with E-state index in [1.165, 1.54) is 12.1 Å². The molecule has 4 rings (SSSR count). The average Bonchev–Trinajstić information content (AvgIpc) is 3.67. The Morgan fingerprint density at radius 1 is 1.11 bits per heavy atom. The fraction of sp³-hybridized carbons (Fsp3) is 0.519. The van der Waals surface area contributed by atoms with Gasteiger partial charge in [0.15, 0.2) is 0 Å². The maximum atomic E-state index is 14.8. The maximum Gasteiger partial charge on any atom is 0.267 e. The van der Waals surface area contributed by atoms with Crippen LogP contribution in [-0.4, -0.2) is 58.9 Å². The number of benzene rings is 2. The molecule has 0 bridgehead atoms. The SMILES string of the molecule is COCC[C@@H](c1cc(Cl)cc(Cl)c1)N1CCC(COc2cc(F)c(C(=O)NS(C)(=O)=O)cc2C2CC2)CC1. The molecule has 0 radical (unpaired) electrons. The molecule has 1 amide bonds. The van der Waals surface area contributed by atoms with E-state index in [9.17, 15) is 17.6 Å². The van der Waals surface area contributed by atoms with Gasteiger partial charge in [-0.05, 0) is 92.4 Å². The Balaban J connectivity index is 1.40. The van der Waals surface area contributed by atoms with Crippen LogP contribution in [0.1, 0.15) is 65.5 Å². The van der Waals surface area contributed by atoms with Gasteiger partial charge in [0.1, 0.15) is 11.6 Å². The number of piperidine rings is 1. The van der Waals surface area contributed by atoms with Crippen molar-refractivity contribution in [2.75, 3.05) is 39.7 Å². The predicted molar refractivity (Wildman–Crippen MR) is 146 cm³/mol. The van der Waals surface area contributed by atoms with E-state index in [0.717, 1.165) is 62.6 Å². The van der Waals surface area contributed by atoms with E-state index < -0.39 is 21.7 Å². The van der Waals surface area contributed by atoms with E-state index in [0.29, 0.717) is 34.9 Å². The Bertz CT molecular complexity index is 1240. The van der Waals surface area contributed by atoms with Crippen molar-refractivity contribution in [1.82, 2.24) is 9.62 Å². The molecule has 0 unspecified atom stereocenters. The molecule has 1 saturated heterocycles. The number of methoxy groups -OCH3 is 1. The van der Waals surface area contributed by atoms with Crippen molar-refractivity contribution < 1.29 is 27.1 Å². The number of carbonyl (C=O) groups excluding carboxylic acids is 1. The zero-order valence-corrected chi connectivity index (χ0v) is 23.8. The number of nitrogens with one attached hydrogen (secondary N) is 1. The summed E-state index contributed by atoms with van der Waals surface area (Å²) in [6.45, 7) is 2.78. The first-order valence-electron chi connectivity index (χ1n) is 12.7. The second kappa shape index (κ2) is 12.5. The van der Waals surface area contributed by atoms with E-state index >= 15 is 0 Å². The van der Waals surface area contributed by atoms with Crippen LogP contribution in [0, 0.1) is 11.7 Å². The van der Waals surface area contributed by atoms with Gasteiger partial charge in [-0.1, -0.05) is 23.2 Å². The molecule has 1 N–H and O–H groups in total. The fourth-order valence-electron chi connectivity index (χ4n) is 5.00. The lowest BCUT2D eigenvalue weighted by molar-refractivity contribution is 0.0837. The molecule has 0 aromatic heterocycles. The van der Waals surface area contributed by atoms with Crippen LogP contribution in [0.15, 0.2) is 30.3 Å². The van der Waals surface area contributed by atoms with Crippen molar-refractivity contribution in [1.29, 1.82) is 0 Å². The summed E-state index contributed by atoms with van der Waals surface area (Å²) >= 11 is 12.5. The molecule has 0 spiro atoms. The highest BCUT2D eigenvalue weighted by Crippen LogP contribution is 2.45. The van der Waals surface area contributed by atoms with Crippen molar-refractivity contribution in [3.63, 3.8) is 0 Å². The first-order valence-corrected chi connectivity index (χ1v) is 15.4. The number of rotatable bonds is 11. The predicted octanol–water partition coefficient (Wildman–Crippen LogP) is 5.57. The highest BCUT2D eigenvalue weighted by molar-refractivity contribution is 7.89. The number of hydrogen-bond donors (Lipinski definition) is 1. The minimum atomic E-state index is -3.80. The third-order valence-electron chi connectivity index (χ3n) is 7.07. The van der Waals surface area contributed by atoms with Crippen LogP contribution in [-0.2, 0) is 14.8 Å². The van der Waals surface area contributed by atoms with E-state index in [-0.39, 0.29) is 17.5 Å². The standard InChI is InChI=1S/C27H33Cl2FN2O5S/c1-36-10-7-25(19-11-20(28)13-21(29)12-19)32-8-5-17(6-9-32)16-37-26-15-24(30)23(14-22(26)18-3-4-18)27(33)31-38(2,34)35/h11-15,17-18,25H,3-10,16H2,1-2H3,(H,31,33)/t25-/m0/s1. The summed E-state index contributed by atoms with van der Waals surface area (Å²) in [5.41, 5.74) is 1.53. The van der Waals surface area contributed by atoms with Crippen molar-refractivity contribution >= 4 is 39.1 Å². The first-order chi connectivity index (χ1) is 18.0. The summed E-state index contributed by atoms with van der Waals surface area (Å²) in [5, 5.41) is 1.22.